The van der Waals surface area contributed by atoms with Gasteiger partial charge in [-0.25, -0.2) is 19.7 Å². The third-order valence-corrected chi connectivity index (χ3v) is 4.02. The normalized spacial score (nSPS) is 12.2. The second-order valence-corrected chi connectivity index (χ2v) is 5.82. The maximum Gasteiger partial charge on any atom is 0.326 e. The molecular weight excluding hydrogens is 340 g/mol. The van der Waals surface area contributed by atoms with Crippen molar-refractivity contribution in [2.75, 3.05) is 25.4 Å². The van der Waals surface area contributed by atoms with Crippen LogP contribution in [0.15, 0.2) is 12.7 Å². The summed E-state index contributed by atoms with van der Waals surface area (Å²) in [6.07, 6.45) is 4.33. The van der Waals surface area contributed by atoms with Crippen molar-refractivity contribution in [3.63, 3.8) is 0 Å². The van der Waals surface area contributed by atoms with Crippen molar-refractivity contribution >= 4 is 28.9 Å². The van der Waals surface area contributed by atoms with Crippen LogP contribution in [0.3, 0.4) is 0 Å². The Balaban J connectivity index is 2.20. The molecule has 1 atom stereocenters. The Hall–Kier alpha value is -2.79. The first-order valence-electron chi connectivity index (χ1n) is 8.33. The van der Waals surface area contributed by atoms with Gasteiger partial charge in [0.05, 0.1) is 6.33 Å². The molecule has 0 radical (unpaired) electrons. The summed E-state index contributed by atoms with van der Waals surface area (Å²) in [5.41, 5.74) is 17.6. The maximum absolute atomic E-state index is 12.8. The fraction of sp³-hybridized carbons (Fsp3) is 0.533. The van der Waals surface area contributed by atoms with Crippen LogP contribution in [0, 0.1) is 0 Å². The molecule has 0 bridgehead atoms. The summed E-state index contributed by atoms with van der Waals surface area (Å²) in [6.45, 7) is 0.654. The largest absolute Gasteiger partial charge is 0.480 e. The zero-order valence-corrected chi connectivity index (χ0v) is 14.4. The van der Waals surface area contributed by atoms with Gasteiger partial charge in [0, 0.05) is 13.1 Å². The predicted octanol–water partition coefficient (Wildman–Crippen LogP) is -1.22. The van der Waals surface area contributed by atoms with Gasteiger partial charge >= 0.3 is 5.97 Å². The zero-order valence-electron chi connectivity index (χ0n) is 14.4. The summed E-state index contributed by atoms with van der Waals surface area (Å²) in [5, 5.41) is 9.53. The smallest absolute Gasteiger partial charge is 0.326 e. The van der Waals surface area contributed by atoms with Crippen molar-refractivity contribution in [3.8, 4) is 0 Å². The number of imidazole rings is 1. The molecule has 0 aliphatic carbocycles. The number of nitrogens with two attached hydrogens (primary N) is 3. The average molecular weight is 364 g/mol. The fourth-order valence-corrected chi connectivity index (χ4v) is 2.74. The van der Waals surface area contributed by atoms with Crippen LogP contribution in [0.2, 0.25) is 0 Å². The molecule has 7 N–H and O–H groups in total. The van der Waals surface area contributed by atoms with Gasteiger partial charge in [-0.2, -0.15) is 0 Å². The molecule has 0 aromatic carbocycles. The highest BCUT2D eigenvalue weighted by Gasteiger charge is 2.29. The van der Waals surface area contributed by atoms with Crippen LogP contribution < -0.4 is 17.2 Å². The Bertz CT molecular complexity index is 762. The second-order valence-electron chi connectivity index (χ2n) is 5.82. The van der Waals surface area contributed by atoms with Gasteiger partial charge in [0.25, 0.3) is 0 Å². The van der Waals surface area contributed by atoms with Gasteiger partial charge < -0.3 is 31.8 Å². The van der Waals surface area contributed by atoms with E-state index in [1.54, 1.807) is 0 Å². The number of hydrogen-bond donors (Lipinski definition) is 4. The number of aromatic nitrogens is 4. The van der Waals surface area contributed by atoms with Gasteiger partial charge in [-0.05, 0) is 25.8 Å². The number of hydrogen-bond acceptors (Lipinski definition) is 8. The van der Waals surface area contributed by atoms with E-state index in [1.807, 2.05) is 0 Å². The molecule has 11 heteroatoms. The molecule has 2 heterocycles. The van der Waals surface area contributed by atoms with Crippen LogP contribution >= 0.6 is 0 Å². The Morgan fingerprint density at radius 3 is 2.62 bits per heavy atom. The number of carbonyl (C=O) groups is 2. The van der Waals surface area contributed by atoms with Crippen molar-refractivity contribution < 1.29 is 14.7 Å². The molecule has 11 nitrogen and oxygen atoms in total. The molecule has 0 unspecified atom stereocenters. The number of carboxylic acids is 1. The highest BCUT2D eigenvalue weighted by Crippen LogP contribution is 2.16. The monoisotopic (exact) mass is 364 g/mol. The van der Waals surface area contributed by atoms with E-state index in [0.29, 0.717) is 37.0 Å². The van der Waals surface area contributed by atoms with Gasteiger partial charge in [0.15, 0.2) is 11.5 Å². The van der Waals surface area contributed by atoms with E-state index in [2.05, 4.69) is 15.0 Å². The standard InChI is InChI=1S/C15H24N8O3/c16-4-2-1-3-10(15(25)26)23(6-5-17)11(24)7-22-9-21-12-13(18)19-8-20-14(12)22/h8-10H,1-7,16-17H2,(H,25,26)(H2,18,19,20)/t10-/m1/s1. The number of nitrogens with zero attached hydrogens (tertiary/aromatic N) is 5. The summed E-state index contributed by atoms with van der Waals surface area (Å²) < 4.78 is 1.51. The molecule has 1 amide bonds. The van der Waals surface area contributed by atoms with Crippen molar-refractivity contribution in [2.24, 2.45) is 11.5 Å². The van der Waals surface area contributed by atoms with Gasteiger partial charge in [-0.3, -0.25) is 4.79 Å². The van der Waals surface area contributed by atoms with Crippen LogP contribution in [0.5, 0.6) is 0 Å². The van der Waals surface area contributed by atoms with Gasteiger partial charge in [-0.15, -0.1) is 0 Å². The summed E-state index contributed by atoms with van der Waals surface area (Å²) in [6, 6.07) is -0.952. The summed E-state index contributed by atoms with van der Waals surface area (Å²) in [5.74, 6) is -1.23. The lowest BCUT2D eigenvalue weighted by Gasteiger charge is -2.29. The number of nitrogen functional groups attached to an aromatic ring is 1. The molecule has 0 spiro atoms. The minimum Gasteiger partial charge on any atom is -0.480 e. The van der Waals surface area contributed by atoms with Crippen molar-refractivity contribution in [2.45, 2.75) is 31.8 Å². The quantitative estimate of drug-likeness (QED) is 0.376. The molecule has 2 aromatic rings. The molecule has 0 aliphatic heterocycles. The Morgan fingerprint density at radius 1 is 1.19 bits per heavy atom. The third kappa shape index (κ3) is 4.43. The average Bonchev–Trinajstić information content (AvgIpc) is 3.01. The van der Waals surface area contributed by atoms with E-state index in [-0.39, 0.29) is 31.4 Å². The minimum atomic E-state index is -1.06. The molecule has 2 rings (SSSR count). The van der Waals surface area contributed by atoms with E-state index < -0.39 is 12.0 Å². The van der Waals surface area contributed by atoms with Gasteiger partial charge in [0.1, 0.15) is 24.4 Å². The van der Waals surface area contributed by atoms with E-state index >= 15 is 0 Å². The maximum atomic E-state index is 12.8. The third-order valence-electron chi connectivity index (χ3n) is 4.02. The molecule has 26 heavy (non-hydrogen) atoms. The second kappa shape index (κ2) is 9.06. The van der Waals surface area contributed by atoms with Crippen LogP contribution in [0.1, 0.15) is 19.3 Å². The molecular formula is C15H24N8O3. The summed E-state index contributed by atoms with van der Waals surface area (Å²) in [7, 11) is 0. The van der Waals surface area contributed by atoms with Crippen LogP contribution in [0.25, 0.3) is 11.2 Å². The first-order chi connectivity index (χ1) is 12.5. The molecule has 2 aromatic heterocycles. The number of amides is 1. The molecule has 142 valence electrons. The van der Waals surface area contributed by atoms with Gasteiger partial charge in [-0.1, -0.05) is 0 Å². The highest BCUT2D eigenvalue weighted by atomic mass is 16.4. The molecule has 0 saturated heterocycles. The van der Waals surface area contributed by atoms with E-state index in [9.17, 15) is 14.7 Å². The Kier molecular flexibility index (Phi) is 6.81. The number of aliphatic carboxylic acids is 1. The number of rotatable bonds is 10. The highest BCUT2D eigenvalue weighted by molar-refractivity contribution is 5.86. The SMILES string of the molecule is NCCCC[C@H](C(=O)O)N(CCN)C(=O)Cn1cnc2c(N)ncnc21. The fourth-order valence-electron chi connectivity index (χ4n) is 2.74. The van der Waals surface area contributed by atoms with Crippen molar-refractivity contribution in [1.82, 2.24) is 24.4 Å². The van der Waals surface area contributed by atoms with E-state index in [1.165, 1.54) is 22.1 Å². The predicted molar refractivity (Wildman–Crippen MR) is 94.8 cm³/mol. The van der Waals surface area contributed by atoms with Crippen molar-refractivity contribution in [3.05, 3.63) is 12.7 Å². The first kappa shape index (κ1) is 19.5. The van der Waals surface area contributed by atoms with E-state index in [4.69, 9.17) is 17.2 Å². The lowest BCUT2D eigenvalue weighted by atomic mass is 10.1. The molecule has 0 aliphatic rings. The zero-order chi connectivity index (χ0) is 19.1. The van der Waals surface area contributed by atoms with Gasteiger partial charge in [0.2, 0.25) is 5.91 Å². The minimum absolute atomic E-state index is 0.117. The van der Waals surface area contributed by atoms with Crippen LogP contribution in [-0.4, -0.2) is 67.1 Å². The number of unbranched alkanes of at least 4 members (excludes halogenated alkanes) is 1. The Labute approximate surface area is 150 Å². The number of carbonyl (C=O) groups excluding carboxylic acids is 1. The number of carboxylic acid groups (broad SMARTS) is 1. The summed E-state index contributed by atoms with van der Waals surface area (Å²) in [4.78, 5) is 37.7. The number of fused-ring (bicyclic) bond motifs is 1. The summed E-state index contributed by atoms with van der Waals surface area (Å²) >= 11 is 0. The molecule has 0 saturated carbocycles. The Morgan fingerprint density at radius 2 is 1.96 bits per heavy atom. The number of anilines is 1. The first-order valence-corrected chi connectivity index (χ1v) is 8.33. The van der Waals surface area contributed by atoms with Crippen LogP contribution in [0.4, 0.5) is 5.82 Å². The topological polar surface area (TPSA) is 179 Å². The van der Waals surface area contributed by atoms with Crippen LogP contribution in [-0.2, 0) is 16.1 Å². The van der Waals surface area contributed by atoms with E-state index in [0.717, 1.165) is 0 Å². The lowest BCUT2D eigenvalue weighted by molar-refractivity contribution is -0.150. The lowest BCUT2D eigenvalue weighted by Crippen LogP contribution is -2.48. The van der Waals surface area contributed by atoms with Crippen molar-refractivity contribution in [1.29, 1.82) is 0 Å². The molecule has 0 fully saturated rings.